The van der Waals surface area contributed by atoms with Gasteiger partial charge in [-0.15, -0.1) is 0 Å². The summed E-state index contributed by atoms with van der Waals surface area (Å²) in [7, 11) is 1.81. The minimum atomic E-state index is -0.108. The first kappa shape index (κ1) is 15.4. The van der Waals surface area contributed by atoms with Crippen molar-refractivity contribution in [2.45, 2.75) is 18.9 Å². The standard InChI is InChI=1S/C12H25N3O3/c1-14(5-2-4-13)12(17)3-6-15-7-8-18-11(9-15)10-16/h11,16H,2-10,13H2,1H3. The summed E-state index contributed by atoms with van der Waals surface area (Å²) in [5, 5.41) is 9.03. The molecule has 1 heterocycles. The fourth-order valence-electron chi connectivity index (χ4n) is 1.99. The summed E-state index contributed by atoms with van der Waals surface area (Å²) in [6.45, 7) is 4.26. The summed E-state index contributed by atoms with van der Waals surface area (Å²) in [6, 6.07) is 0. The fraction of sp³-hybridized carbons (Fsp3) is 0.917. The minimum absolute atomic E-state index is 0.0425. The second-order valence-electron chi connectivity index (χ2n) is 4.68. The fourth-order valence-corrected chi connectivity index (χ4v) is 1.99. The minimum Gasteiger partial charge on any atom is -0.394 e. The van der Waals surface area contributed by atoms with E-state index >= 15 is 0 Å². The van der Waals surface area contributed by atoms with Crippen LogP contribution >= 0.6 is 0 Å². The number of rotatable bonds is 7. The smallest absolute Gasteiger partial charge is 0.223 e. The predicted molar refractivity (Wildman–Crippen MR) is 69.2 cm³/mol. The number of carbonyl (C=O) groups excluding carboxylic acids is 1. The first-order valence-corrected chi connectivity index (χ1v) is 6.56. The summed E-state index contributed by atoms with van der Waals surface area (Å²) in [6.07, 6.45) is 1.25. The quantitative estimate of drug-likeness (QED) is 0.605. The molecule has 1 rings (SSSR count). The summed E-state index contributed by atoms with van der Waals surface area (Å²) < 4.78 is 5.36. The molecule has 1 aliphatic heterocycles. The van der Waals surface area contributed by atoms with E-state index in [9.17, 15) is 4.79 Å². The third-order valence-corrected chi connectivity index (χ3v) is 3.19. The molecule has 1 amide bonds. The molecular formula is C12H25N3O3. The van der Waals surface area contributed by atoms with Crippen molar-refractivity contribution < 1.29 is 14.6 Å². The summed E-state index contributed by atoms with van der Waals surface area (Å²) in [5.74, 6) is 0.149. The van der Waals surface area contributed by atoms with Gasteiger partial charge in [0.2, 0.25) is 5.91 Å². The van der Waals surface area contributed by atoms with E-state index in [0.29, 0.717) is 26.1 Å². The van der Waals surface area contributed by atoms with E-state index in [1.54, 1.807) is 4.90 Å². The highest BCUT2D eigenvalue weighted by Crippen LogP contribution is 2.05. The molecule has 0 aliphatic carbocycles. The molecule has 3 N–H and O–H groups in total. The van der Waals surface area contributed by atoms with Crippen molar-refractivity contribution in [2.24, 2.45) is 5.73 Å². The zero-order chi connectivity index (χ0) is 13.4. The van der Waals surface area contributed by atoms with Gasteiger partial charge in [0.15, 0.2) is 0 Å². The van der Waals surface area contributed by atoms with Gasteiger partial charge >= 0.3 is 0 Å². The maximum atomic E-state index is 11.8. The van der Waals surface area contributed by atoms with Gasteiger partial charge in [0.1, 0.15) is 0 Å². The number of morpholine rings is 1. The Morgan fingerprint density at radius 3 is 3.06 bits per heavy atom. The SMILES string of the molecule is CN(CCCN)C(=O)CCN1CCOC(CO)C1. The molecule has 0 radical (unpaired) electrons. The van der Waals surface area contributed by atoms with Crippen LogP contribution in [0.5, 0.6) is 0 Å². The highest BCUT2D eigenvalue weighted by molar-refractivity contribution is 5.76. The summed E-state index contributed by atoms with van der Waals surface area (Å²) in [4.78, 5) is 15.7. The van der Waals surface area contributed by atoms with Crippen LogP contribution in [0.2, 0.25) is 0 Å². The van der Waals surface area contributed by atoms with E-state index in [-0.39, 0.29) is 18.6 Å². The van der Waals surface area contributed by atoms with Crippen LogP contribution in [0, 0.1) is 0 Å². The molecule has 1 fully saturated rings. The molecule has 6 nitrogen and oxygen atoms in total. The van der Waals surface area contributed by atoms with E-state index < -0.39 is 0 Å². The molecular weight excluding hydrogens is 234 g/mol. The Labute approximate surface area is 109 Å². The van der Waals surface area contributed by atoms with E-state index in [0.717, 1.165) is 26.1 Å². The van der Waals surface area contributed by atoms with Gasteiger partial charge in [0.05, 0.1) is 19.3 Å². The number of carbonyl (C=O) groups is 1. The van der Waals surface area contributed by atoms with E-state index in [2.05, 4.69) is 4.90 Å². The molecule has 0 bridgehead atoms. The normalized spacial score (nSPS) is 20.9. The zero-order valence-electron chi connectivity index (χ0n) is 11.2. The van der Waals surface area contributed by atoms with Crippen LogP contribution in [0.3, 0.4) is 0 Å². The van der Waals surface area contributed by atoms with Crippen molar-refractivity contribution in [3.05, 3.63) is 0 Å². The van der Waals surface area contributed by atoms with Crippen molar-refractivity contribution in [3.63, 3.8) is 0 Å². The molecule has 106 valence electrons. The number of hydrogen-bond donors (Lipinski definition) is 2. The molecule has 0 spiro atoms. The van der Waals surface area contributed by atoms with Crippen LogP contribution in [0.25, 0.3) is 0 Å². The maximum absolute atomic E-state index is 11.8. The van der Waals surface area contributed by atoms with Crippen LogP contribution in [-0.4, -0.2) is 79.9 Å². The Balaban J connectivity index is 2.21. The lowest BCUT2D eigenvalue weighted by atomic mass is 10.2. The van der Waals surface area contributed by atoms with Gasteiger partial charge in [0.25, 0.3) is 0 Å². The lowest BCUT2D eigenvalue weighted by Gasteiger charge is -2.32. The molecule has 0 aromatic carbocycles. The topological polar surface area (TPSA) is 79.0 Å². The number of nitrogens with zero attached hydrogens (tertiary/aromatic N) is 2. The number of amides is 1. The van der Waals surface area contributed by atoms with Gasteiger partial charge in [-0.05, 0) is 13.0 Å². The van der Waals surface area contributed by atoms with Crippen LogP contribution in [0.4, 0.5) is 0 Å². The van der Waals surface area contributed by atoms with Gasteiger partial charge in [-0.25, -0.2) is 0 Å². The first-order chi connectivity index (χ1) is 8.67. The third kappa shape index (κ3) is 5.30. The highest BCUT2D eigenvalue weighted by Gasteiger charge is 2.20. The van der Waals surface area contributed by atoms with Gasteiger partial charge in [-0.2, -0.15) is 0 Å². The molecule has 6 heteroatoms. The van der Waals surface area contributed by atoms with Gasteiger partial charge < -0.3 is 20.5 Å². The summed E-state index contributed by atoms with van der Waals surface area (Å²) in [5.41, 5.74) is 5.41. The van der Waals surface area contributed by atoms with Crippen molar-refractivity contribution in [2.75, 3.05) is 53.0 Å². The lowest BCUT2D eigenvalue weighted by Crippen LogP contribution is -2.45. The second kappa shape index (κ2) is 8.42. The average Bonchev–Trinajstić information content (AvgIpc) is 2.42. The predicted octanol–water partition coefficient (Wildman–Crippen LogP) is -1.12. The largest absolute Gasteiger partial charge is 0.394 e. The number of nitrogens with two attached hydrogens (primary N) is 1. The molecule has 1 saturated heterocycles. The molecule has 1 unspecified atom stereocenters. The Morgan fingerprint density at radius 1 is 1.61 bits per heavy atom. The highest BCUT2D eigenvalue weighted by atomic mass is 16.5. The number of hydrogen-bond acceptors (Lipinski definition) is 5. The Kier molecular flexibility index (Phi) is 7.19. The van der Waals surface area contributed by atoms with Crippen molar-refractivity contribution in [1.82, 2.24) is 9.80 Å². The third-order valence-electron chi connectivity index (χ3n) is 3.19. The summed E-state index contributed by atoms with van der Waals surface area (Å²) >= 11 is 0. The zero-order valence-corrected chi connectivity index (χ0v) is 11.2. The van der Waals surface area contributed by atoms with Crippen LogP contribution in [0.15, 0.2) is 0 Å². The maximum Gasteiger partial charge on any atom is 0.223 e. The van der Waals surface area contributed by atoms with Crippen LogP contribution < -0.4 is 5.73 Å². The molecule has 0 saturated carbocycles. The van der Waals surface area contributed by atoms with Crippen molar-refractivity contribution >= 4 is 5.91 Å². The molecule has 0 aromatic heterocycles. The van der Waals surface area contributed by atoms with Crippen molar-refractivity contribution in [1.29, 1.82) is 0 Å². The molecule has 1 atom stereocenters. The number of aliphatic hydroxyl groups is 1. The Hall–Kier alpha value is -0.690. The lowest BCUT2D eigenvalue weighted by molar-refractivity contribution is -0.130. The number of aliphatic hydroxyl groups excluding tert-OH is 1. The van der Waals surface area contributed by atoms with E-state index in [4.69, 9.17) is 15.6 Å². The molecule has 18 heavy (non-hydrogen) atoms. The Bertz CT molecular complexity index is 251. The number of ether oxygens (including phenoxy) is 1. The van der Waals surface area contributed by atoms with Gasteiger partial charge in [-0.1, -0.05) is 0 Å². The Morgan fingerprint density at radius 2 is 2.39 bits per heavy atom. The van der Waals surface area contributed by atoms with E-state index in [1.165, 1.54) is 0 Å². The van der Waals surface area contributed by atoms with Crippen LogP contribution in [0.1, 0.15) is 12.8 Å². The molecule has 0 aromatic rings. The second-order valence-corrected chi connectivity index (χ2v) is 4.68. The van der Waals surface area contributed by atoms with Crippen molar-refractivity contribution in [3.8, 4) is 0 Å². The van der Waals surface area contributed by atoms with Gasteiger partial charge in [0, 0.05) is 39.6 Å². The van der Waals surface area contributed by atoms with Crippen LogP contribution in [-0.2, 0) is 9.53 Å². The first-order valence-electron chi connectivity index (χ1n) is 6.56. The van der Waals surface area contributed by atoms with E-state index in [1.807, 2.05) is 7.05 Å². The monoisotopic (exact) mass is 259 g/mol. The average molecular weight is 259 g/mol. The van der Waals surface area contributed by atoms with Gasteiger partial charge in [-0.3, -0.25) is 9.69 Å². The molecule has 1 aliphatic rings.